The van der Waals surface area contributed by atoms with Crippen LogP contribution in [0.4, 0.5) is 0 Å². The summed E-state index contributed by atoms with van der Waals surface area (Å²) in [6.45, 7) is 5.02. The van der Waals surface area contributed by atoms with Gasteiger partial charge in [-0.3, -0.25) is 0 Å². The van der Waals surface area contributed by atoms with E-state index in [1.54, 1.807) is 0 Å². The number of nitrogens with two attached hydrogens (primary N) is 1. The molecule has 82 valence electrons. The van der Waals surface area contributed by atoms with Crippen LogP contribution in [-0.2, 0) is 4.74 Å². The maximum Gasteiger partial charge on any atom is 0.0621 e. The molecule has 3 unspecified atom stereocenters. The standard InChI is InChI=1S/C11H22N2O/c1-8(9-3-4-9)13(2)5-10-6-14-7-11(10)12/h8-11H,3-7,12H2,1-2H3. The quantitative estimate of drug-likeness (QED) is 0.722. The van der Waals surface area contributed by atoms with Crippen LogP contribution in [0.25, 0.3) is 0 Å². The Hall–Kier alpha value is -0.120. The number of hydrogen-bond donors (Lipinski definition) is 1. The Bertz CT molecular complexity index is 194. The van der Waals surface area contributed by atoms with Crippen molar-refractivity contribution >= 4 is 0 Å². The molecule has 2 aliphatic rings. The van der Waals surface area contributed by atoms with E-state index in [0.29, 0.717) is 5.92 Å². The maximum absolute atomic E-state index is 5.97. The maximum atomic E-state index is 5.97. The third-order valence-corrected chi connectivity index (χ3v) is 3.77. The lowest BCUT2D eigenvalue weighted by Gasteiger charge is -2.28. The SMILES string of the molecule is CC(C1CC1)N(C)CC1COCC1N. The Morgan fingerprint density at radius 1 is 1.43 bits per heavy atom. The lowest BCUT2D eigenvalue weighted by Crippen LogP contribution is -2.41. The largest absolute Gasteiger partial charge is 0.379 e. The fourth-order valence-electron chi connectivity index (χ4n) is 2.28. The average Bonchev–Trinajstić information content (AvgIpc) is 2.92. The van der Waals surface area contributed by atoms with Crippen molar-refractivity contribution in [2.24, 2.45) is 17.6 Å². The first-order valence-corrected chi connectivity index (χ1v) is 5.72. The van der Waals surface area contributed by atoms with E-state index in [2.05, 4.69) is 18.9 Å². The molecular weight excluding hydrogens is 176 g/mol. The minimum Gasteiger partial charge on any atom is -0.379 e. The van der Waals surface area contributed by atoms with E-state index in [1.165, 1.54) is 12.8 Å². The van der Waals surface area contributed by atoms with Crippen molar-refractivity contribution in [1.29, 1.82) is 0 Å². The second-order valence-electron chi connectivity index (χ2n) is 4.98. The molecule has 14 heavy (non-hydrogen) atoms. The van der Waals surface area contributed by atoms with Gasteiger partial charge < -0.3 is 15.4 Å². The smallest absolute Gasteiger partial charge is 0.0621 e. The van der Waals surface area contributed by atoms with Crippen molar-refractivity contribution in [3.05, 3.63) is 0 Å². The lowest BCUT2D eigenvalue weighted by atomic mass is 10.0. The van der Waals surface area contributed by atoms with Gasteiger partial charge in [0, 0.05) is 24.5 Å². The molecule has 2 fully saturated rings. The van der Waals surface area contributed by atoms with Crippen molar-refractivity contribution in [3.63, 3.8) is 0 Å². The van der Waals surface area contributed by atoms with Gasteiger partial charge in [-0.1, -0.05) is 0 Å². The molecule has 0 spiro atoms. The fraction of sp³-hybridized carbons (Fsp3) is 1.00. The summed E-state index contributed by atoms with van der Waals surface area (Å²) in [4.78, 5) is 2.46. The highest BCUT2D eigenvalue weighted by Crippen LogP contribution is 2.35. The zero-order chi connectivity index (χ0) is 10.1. The predicted molar refractivity (Wildman–Crippen MR) is 57.1 cm³/mol. The number of ether oxygens (including phenoxy) is 1. The van der Waals surface area contributed by atoms with E-state index >= 15 is 0 Å². The summed E-state index contributed by atoms with van der Waals surface area (Å²) in [6, 6.07) is 0.978. The van der Waals surface area contributed by atoms with Gasteiger partial charge >= 0.3 is 0 Å². The molecule has 3 nitrogen and oxygen atoms in total. The molecule has 1 saturated carbocycles. The van der Waals surface area contributed by atoms with E-state index in [-0.39, 0.29) is 6.04 Å². The van der Waals surface area contributed by atoms with Gasteiger partial charge in [-0.05, 0) is 32.7 Å². The molecule has 1 aliphatic carbocycles. The van der Waals surface area contributed by atoms with Crippen LogP contribution in [0.5, 0.6) is 0 Å². The number of nitrogens with zero attached hydrogens (tertiary/aromatic N) is 1. The molecule has 1 aliphatic heterocycles. The van der Waals surface area contributed by atoms with Crippen LogP contribution in [0, 0.1) is 11.8 Å². The Labute approximate surface area is 86.6 Å². The zero-order valence-corrected chi connectivity index (χ0v) is 9.28. The van der Waals surface area contributed by atoms with E-state index in [0.717, 1.165) is 31.7 Å². The molecule has 0 bridgehead atoms. The van der Waals surface area contributed by atoms with E-state index in [1.807, 2.05) is 0 Å². The molecule has 0 aromatic carbocycles. The van der Waals surface area contributed by atoms with Crippen molar-refractivity contribution in [3.8, 4) is 0 Å². The average molecular weight is 198 g/mol. The summed E-state index contributed by atoms with van der Waals surface area (Å²) in [5.74, 6) is 1.49. The van der Waals surface area contributed by atoms with Crippen LogP contribution in [0.2, 0.25) is 0 Å². The molecule has 1 saturated heterocycles. The molecule has 0 aromatic heterocycles. The van der Waals surface area contributed by atoms with Gasteiger partial charge in [0.05, 0.1) is 13.2 Å². The first-order chi connectivity index (χ1) is 6.68. The van der Waals surface area contributed by atoms with Gasteiger partial charge in [0.25, 0.3) is 0 Å². The van der Waals surface area contributed by atoms with Crippen molar-refractivity contribution in [2.45, 2.75) is 31.8 Å². The van der Waals surface area contributed by atoms with Crippen LogP contribution >= 0.6 is 0 Å². The van der Waals surface area contributed by atoms with Crippen LogP contribution < -0.4 is 5.73 Å². The summed E-state index contributed by atoms with van der Waals surface area (Å²) in [6.07, 6.45) is 2.83. The minimum atomic E-state index is 0.254. The summed E-state index contributed by atoms with van der Waals surface area (Å²) >= 11 is 0. The molecule has 0 aromatic rings. The van der Waals surface area contributed by atoms with E-state index in [4.69, 9.17) is 10.5 Å². The highest BCUT2D eigenvalue weighted by atomic mass is 16.5. The van der Waals surface area contributed by atoms with Gasteiger partial charge in [0.15, 0.2) is 0 Å². The lowest BCUT2D eigenvalue weighted by molar-refractivity contribution is 0.158. The topological polar surface area (TPSA) is 38.5 Å². The molecule has 3 atom stereocenters. The molecule has 0 radical (unpaired) electrons. The second-order valence-corrected chi connectivity index (χ2v) is 4.98. The fourth-order valence-corrected chi connectivity index (χ4v) is 2.28. The minimum absolute atomic E-state index is 0.254. The van der Waals surface area contributed by atoms with Gasteiger partial charge in [0.2, 0.25) is 0 Å². The summed E-state index contributed by atoms with van der Waals surface area (Å²) in [5.41, 5.74) is 5.97. The Balaban J connectivity index is 1.77. The van der Waals surface area contributed by atoms with Crippen LogP contribution in [-0.4, -0.2) is 43.8 Å². The van der Waals surface area contributed by atoms with E-state index in [9.17, 15) is 0 Å². The molecular formula is C11H22N2O. The molecule has 3 heteroatoms. The Morgan fingerprint density at radius 2 is 2.14 bits per heavy atom. The van der Waals surface area contributed by atoms with Crippen molar-refractivity contribution in [1.82, 2.24) is 4.90 Å². The molecule has 1 heterocycles. The molecule has 0 amide bonds. The zero-order valence-electron chi connectivity index (χ0n) is 9.28. The normalized spacial score (nSPS) is 35.1. The van der Waals surface area contributed by atoms with Crippen LogP contribution in [0.3, 0.4) is 0 Å². The Morgan fingerprint density at radius 3 is 2.64 bits per heavy atom. The highest BCUT2D eigenvalue weighted by Gasteiger charge is 2.33. The summed E-state index contributed by atoms with van der Waals surface area (Å²) < 4.78 is 5.37. The predicted octanol–water partition coefficient (Wildman–Crippen LogP) is 0.690. The van der Waals surface area contributed by atoms with Crippen LogP contribution in [0.1, 0.15) is 19.8 Å². The van der Waals surface area contributed by atoms with Crippen molar-refractivity contribution < 1.29 is 4.74 Å². The monoisotopic (exact) mass is 198 g/mol. The number of rotatable bonds is 4. The van der Waals surface area contributed by atoms with Gasteiger partial charge in [-0.2, -0.15) is 0 Å². The van der Waals surface area contributed by atoms with Gasteiger partial charge in [0.1, 0.15) is 0 Å². The third-order valence-electron chi connectivity index (χ3n) is 3.77. The molecule has 2 rings (SSSR count). The Kier molecular flexibility index (Phi) is 3.10. The first-order valence-electron chi connectivity index (χ1n) is 5.72. The van der Waals surface area contributed by atoms with E-state index < -0.39 is 0 Å². The first kappa shape index (κ1) is 10.4. The molecule has 2 N–H and O–H groups in total. The summed E-state index contributed by atoms with van der Waals surface area (Å²) in [7, 11) is 2.22. The van der Waals surface area contributed by atoms with Crippen molar-refractivity contribution in [2.75, 3.05) is 26.8 Å². The third kappa shape index (κ3) is 2.27. The van der Waals surface area contributed by atoms with Crippen LogP contribution in [0.15, 0.2) is 0 Å². The van der Waals surface area contributed by atoms with Gasteiger partial charge in [-0.15, -0.1) is 0 Å². The number of hydrogen-bond acceptors (Lipinski definition) is 3. The second kappa shape index (κ2) is 4.17. The summed E-state index contributed by atoms with van der Waals surface area (Å²) in [5, 5.41) is 0. The highest BCUT2D eigenvalue weighted by molar-refractivity contribution is 4.87. The van der Waals surface area contributed by atoms with Gasteiger partial charge in [-0.25, -0.2) is 0 Å².